The Morgan fingerprint density at radius 2 is 1.90 bits per heavy atom. The molecule has 0 saturated carbocycles. The van der Waals surface area contributed by atoms with Crippen molar-refractivity contribution in [2.24, 2.45) is 0 Å². The van der Waals surface area contributed by atoms with Crippen LogP contribution >= 0.6 is 0 Å². The summed E-state index contributed by atoms with van der Waals surface area (Å²) in [6.45, 7) is 3.82. The Balaban J connectivity index is 2.17. The third kappa shape index (κ3) is 4.46. The molecule has 0 spiro atoms. The van der Waals surface area contributed by atoms with Crippen molar-refractivity contribution in [1.82, 2.24) is 0 Å². The average Bonchev–Trinajstić information content (AvgIpc) is 2.44. The smallest absolute Gasteiger partial charge is 0.125 e. The number of hydrogen-bond donors (Lipinski definition) is 2. The summed E-state index contributed by atoms with van der Waals surface area (Å²) in [6, 6.07) is 13.4. The zero-order valence-corrected chi connectivity index (χ0v) is 12.2. The summed E-state index contributed by atoms with van der Waals surface area (Å²) in [7, 11) is 0. The van der Waals surface area contributed by atoms with Crippen LogP contribution in [-0.2, 0) is 0 Å². The lowest BCUT2D eigenvalue weighted by Crippen LogP contribution is -2.15. The van der Waals surface area contributed by atoms with Gasteiger partial charge in [-0.1, -0.05) is 18.2 Å². The molecule has 0 aliphatic rings. The fraction of sp³-hybridized carbons (Fsp3) is 0.294. The first-order valence-corrected chi connectivity index (χ1v) is 6.98. The first-order valence-electron chi connectivity index (χ1n) is 6.98. The van der Waals surface area contributed by atoms with Gasteiger partial charge >= 0.3 is 0 Å². The molecule has 0 heterocycles. The van der Waals surface area contributed by atoms with Crippen molar-refractivity contribution < 1.29 is 14.2 Å². The summed E-state index contributed by atoms with van der Waals surface area (Å²) < 4.78 is 18.9. The minimum absolute atomic E-state index is 0.0870. The number of rotatable bonds is 6. The van der Waals surface area contributed by atoms with Crippen LogP contribution in [0.2, 0.25) is 0 Å². The quantitative estimate of drug-likeness (QED) is 0.851. The van der Waals surface area contributed by atoms with Crippen LogP contribution in [0.4, 0.5) is 10.1 Å². The lowest BCUT2D eigenvalue weighted by Gasteiger charge is -2.19. The molecule has 0 aromatic heterocycles. The Hall–Kier alpha value is -2.07. The number of aliphatic hydroxyl groups excluding tert-OH is 1. The largest absolute Gasteiger partial charge is 0.491 e. The molecule has 112 valence electrons. The van der Waals surface area contributed by atoms with Gasteiger partial charge in [-0.25, -0.2) is 4.39 Å². The predicted molar refractivity (Wildman–Crippen MR) is 82.1 cm³/mol. The summed E-state index contributed by atoms with van der Waals surface area (Å²) >= 11 is 0. The van der Waals surface area contributed by atoms with Crippen LogP contribution in [0.25, 0.3) is 0 Å². The first-order chi connectivity index (χ1) is 10.1. The Kier molecular flexibility index (Phi) is 5.17. The third-order valence-corrected chi connectivity index (χ3v) is 2.98. The van der Waals surface area contributed by atoms with Crippen LogP contribution in [-0.4, -0.2) is 17.8 Å². The van der Waals surface area contributed by atoms with Gasteiger partial charge in [0.1, 0.15) is 11.6 Å². The summed E-state index contributed by atoms with van der Waals surface area (Å²) in [5.41, 5.74) is 1.52. The third-order valence-electron chi connectivity index (χ3n) is 2.98. The van der Waals surface area contributed by atoms with E-state index in [0.717, 1.165) is 11.3 Å². The zero-order valence-electron chi connectivity index (χ0n) is 12.2. The molecule has 1 unspecified atom stereocenters. The van der Waals surface area contributed by atoms with Gasteiger partial charge in [-0.2, -0.15) is 0 Å². The fourth-order valence-corrected chi connectivity index (χ4v) is 2.09. The van der Waals surface area contributed by atoms with E-state index in [9.17, 15) is 9.50 Å². The number of hydrogen-bond acceptors (Lipinski definition) is 3. The van der Waals surface area contributed by atoms with Crippen molar-refractivity contribution >= 4 is 5.69 Å². The molecule has 21 heavy (non-hydrogen) atoms. The van der Waals surface area contributed by atoms with Gasteiger partial charge in [0.15, 0.2) is 0 Å². The molecule has 4 heteroatoms. The van der Waals surface area contributed by atoms with Crippen molar-refractivity contribution in [3.05, 3.63) is 59.9 Å². The average molecular weight is 289 g/mol. The maximum absolute atomic E-state index is 13.2. The topological polar surface area (TPSA) is 41.5 Å². The number of halogens is 1. The molecule has 2 aromatic carbocycles. The molecule has 1 atom stereocenters. The molecular formula is C17H20FNO2. The highest BCUT2D eigenvalue weighted by atomic mass is 19.1. The van der Waals surface area contributed by atoms with Crippen molar-refractivity contribution in [3.8, 4) is 5.75 Å². The summed E-state index contributed by atoms with van der Waals surface area (Å²) in [5, 5.41) is 12.7. The molecular weight excluding hydrogens is 269 g/mol. The van der Waals surface area contributed by atoms with E-state index >= 15 is 0 Å². The van der Waals surface area contributed by atoms with E-state index in [0.29, 0.717) is 5.69 Å². The summed E-state index contributed by atoms with van der Waals surface area (Å²) in [5.74, 6) is 0.440. The van der Waals surface area contributed by atoms with Gasteiger partial charge in [0.25, 0.3) is 0 Å². The van der Waals surface area contributed by atoms with Crippen LogP contribution in [0.5, 0.6) is 5.75 Å². The van der Waals surface area contributed by atoms with Crippen LogP contribution in [0.15, 0.2) is 48.5 Å². The Morgan fingerprint density at radius 3 is 2.57 bits per heavy atom. The van der Waals surface area contributed by atoms with E-state index in [1.54, 1.807) is 12.1 Å². The summed E-state index contributed by atoms with van der Waals surface area (Å²) in [6.07, 6.45) is 0.0870. The molecule has 2 N–H and O–H groups in total. The van der Waals surface area contributed by atoms with E-state index < -0.39 is 0 Å². The highest BCUT2D eigenvalue weighted by Crippen LogP contribution is 2.24. The van der Waals surface area contributed by atoms with E-state index in [-0.39, 0.29) is 24.6 Å². The minimum Gasteiger partial charge on any atom is -0.491 e. The number of nitrogens with one attached hydrogen (secondary N) is 1. The molecule has 0 saturated heterocycles. The van der Waals surface area contributed by atoms with Crippen LogP contribution in [0.3, 0.4) is 0 Å². The molecule has 0 aliphatic heterocycles. The molecule has 0 amide bonds. The van der Waals surface area contributed by atoms with Crippen LogP contribution in [0, 0.1) is 5.82 Å². The first kappa shape index (κ1) is 15.3. The lowest BCUT2D eigenvalue weighted by molar-refractivity contribution is 0.241. The highest BCUT2D eigenvalue weighted by molar-refractivity contribution is 5.46. The van der Waals surface area contributed by atoms with Gasteiger partial charge in [-0.15, -0.1) is 0 Å². The van der Waals surface area contributed by atoms with E-state index in [4.69, 9.17) is 4.74 Å². The van der Waals surface area contributed by atoms with Gasteiger partial charge in [0.05, 0.1) is 18.8 Å². The van der Waals surface area contributed by atoms with Crippen molar-refractivity contribution in [2.75, 3.05) is 11.9 Å². The predicted octanol–water partition coefficient (Wildman–Crippen LogP) is 3.76. The molecule has 0 fully saturated rings. The Labute approximate surface area is 124 Å². The van der Waals surface area contributed by atoms with Crippen LogP contribution in [0.1, 0.15) is 25.5 Å². The minimum atomic E-state index is -0.317. The maximum atomic E-state index is 13.2. The second-order valence-electron chi connectivity index (χ2n) is 5.13. The maximum Gasteiger partial charge on any atom is 0.125 e. The van der Waals surface area contributed by atoms with Crippen molar-refractivity contribution in [1.29, 1.82) is 0 Å². The Morgan fingerprint density at radius 1 is 1.14 bits per heavy atom. The van der Waals surface area contributed by atoms with Gasteiger partial charge in [-0.05, 0) is 49.7 Å². The number of benzene rings is 2. The van der Waals surface area contributed by atoms with E-state index in [2.05, 4.69) is 5.32 Å². The fourth-order valence-electron chi connectivity index (χ4n) is 2.09. The highest BCUT2D eigenvalue weighted by Gasteiger charge is 2.12. The van der Waals surface area contributed by atoms with E-state index in [1.165, 1.54) is 12.1 Å². The van der Waals surface area contributed by atoms with Crippen molar-refractivity contribution in [2.45, 2.75) is 26.0 Å². The number of aliphatic hydroxyl groups is 1. The molecule has 3 nitrogen and oxygen atoms in total. The second-order valence-corrected chi connectivity index (χ2v) is 5.13. The van der Waals surface area contributed by atoms with Gasteiger partial charge in [0, 0.05) is 5.69 Å². The zero-order chi connectivity index (χ0) is 15.2. The van der Waals surface area contributed by atoms with E-state index in [1.807, 2.05) is 38.1 Å². The Bertz CT molecular complexity index is 587. The standard InChI is InChI=1S/C17H20FNO2/c1-12(2)21-16-8-3-5-13(9-16)17(11-20)19-15-7-4-6-14(18)10-15/h3-10,12,17,19-20H,11H2,1-2H3. The molecule has 0 radical (unpaired) electrons. The molecule has 0 bridgehead atoms. The number of anilines is 1. The monoisotopic (exact) mass is 289 g/mol. The van der Waals surface area contributed by atoms with Crippen molar-refractivity contribution in [3.63, 3.8) is 0 Å². The van der Waals surface area contributed by atoms with Gasteiger partial charge in [0.2, 0.25) is 0 Å². The summed E-state index contributed by atoms with van der Waals surface area (Å²) in [4.78, 5) is 0. The molecule has 2 aromatic rings. The van der Waals surface area contributed by atoms with Gasteiger partial charge < -0.3 is 15.2 Å². The molecule has 0 aliphatic carbocycles. The lowest BCUT2D eigenvalue weighted by atomic mass is 10.1. The van der Waals surface area contributed by atoms with Crippen LogP contribution < -0.4 is 10.1 Å². The molecule has 2 rings (SSSR count). The SMILES string of the molecule is CC(C)Oc1cccc(C(CO)Nc2cccc(F)c2)c1. The van der Waals surface area contributed by atoms with Gasteiger partial charge in [-0.3, -0.25) is 0 Å². The normalized spacial score (nSPS) is 12.2. The second kappa shape index (κ2) is 7.09. The number of ether oxygens (including phenoxy) is 1.